The highest BCUT2D eigenvalue weighted by Gasteiger charge is 2.27. The van der Waals surface area contributed by atoms with E-state index in [1.54, 1.807) is 22.6 Å². The maximum Gasteiger partial charge on any atom is 0.357 e. The number of nitrogens with zero attached hydrogens (tertiary/aromatic N) is 4. The molecule has 1 fully saturated rings. The Bertz CT molecular complexity index is 1040. The van der Waals surface area contributed by atoms with Crippen LogP contribution in [0, 0.1) is 6.92 Å². The van der Waals surface area contributed by atoms with Crippen LogP contribution in [0.3, 0.4) is 0 Å². The molecule has 1 aliphatic heterocycles. The molecule has 4 rings (SSSR count). The molecule has 7 nitrogen and oxygen atoms in total. The third-order valence-electron chi connectivity index (χ3n) is 4.89. The molecule has 1 amide bonds. The number of ether oxygens (including phenoxy) is 1. The van der Waals surface area contributed by atoms with E-state index in [9.17, 15) is 9.59 Å². The Kier molecular flexibility index (Phi) is 4.81. The smallest absolute Gasteiger partial charge is 0.357 e. The number of para-hydroxylation sites is 1. The fourth-order valence-corrected chi connectivity index (χ4v) is 3.60. The number of fused-ring (bicyclic) bond motifs is 1. The summed E-state index contributed by atoms with van der Waals surface area (Å²) in [7, 11) is 0. The standard InChI is InChI=1S/C21H22N4O3/c1-3-28-21(27)16-13-17(24-12-8-7-11-18(24)26)19-14(2)23-25(20(19)22-16)15-9-5-4-6-10-15/h4-6,9-10,13H,3,7-8,11-12H2,1-2H3. The number of piperidine rings is 1. The maximum absolute atomic E-state index is 12.6. The van der Waals surface area contributed by atoms with Gasteiger partial charge in [0.05, 0.1) is 29.1 Å². The van der Waals surface area contributed by atoms with Crippen molar-refractivity contribution in [3.8, 4) is 5.69 Å². The van der Waals surface area contributed by atoms with E-state index in [4.69, 9.17) is 4.74 Å². The van der Waals surface area contributed by atoms with Crippen LogP contribution in [0.4, 0.5) is 5.69 Å². The first-order valence-corrected chi connectivity index (χ1v) is 9.53. The molecule has 1 saturated heterocycles. The monoisotopic (exact) mass is 378 g/mol. The second-order valence-electron chi connectivity index (χ2n) is 6.78. The van der Waals surface area contributed by atoms with Crippen LogP contribution in [0.5, 0.6) is 0 Å². The number of hydrogen-bond donors (Lipinski definition) is 0. The van der Waals surface area contributed by atoms with Gasteiger partial charge in [0.15, 0.2) is 11.3 Å². The topological polar surface area (TPSA) is 77.3 Å². The Hall–Kier alpha value is -3.22. The molecule has 2 aromatic heterocycles. The van der Waals surface area contributed by atoms with E-state index in [-0.39, 0.29) is 18.2 Å². The zero-order valence-corrected chi connectivity index (χ0v) is 16.0. The van der Waals surface area contributed by atoms with E-state index in [1.807, 2.05) is 37.3 Å². The number of carbonyl (C=O) groups excluding carboxylic acids is 2. The molecule has 0 radical (unpaired) electrons. The quantitative estimate of drug-likeness (QED) is 0.650. The molecule has 3 heterocycles. The SMILES string of the molecule is CCOC(=O)c1cc(N2CCCCC2=O)c2c(C)nn(-c3ccccc3)c2n1. The average Bonchev–Trinajstić information content (AvgIpc) is 3.05. The number of amides is 1. The Morgan fingerprint density at radius 2 is 2.00 bits per heavy atom. The number of rotatable bonds is 4. The van der Waals surface area contributed by atoms with Gasteiger partial charge in [0.25, 0.3) is 0 Å². The van der Waals surface area contributed by atoms with Crippen LogP contribution in [0.25, 0.3) is 16.7 Å². The van der Waals surface area contributed by atoms with Crippen LogP contribution >= 0.6 is 0 Å². The summed E-state index contributed by atoms with van der Waals surface area (Å²) in [6, 6.07) is 11.3. The van der Waals surface area contributed by atoms with Crippen LogP contribution in [-0.2, 0) is 9.53 Å². The van der Waals surface area contributed by atoms with Gasteiger partial charge in [-0.25, -0.2) is 14.5 Å². The van der Waals surface area contributed by atoms with Crippen LogP contribution < -0.4 is 4.90 Å². The largest absolute Gasteiger partial charge is 0.461 e. The highest BCUT2D eigenvalue weighted by Crippen LogP contribution is 2.33. The molecule has 144 valence electrons. The summed E-state index contributed by atoms with van der Waals surface area (Å²) in [5, 5.41) is 5.44. The number of benzene rings is 1. The van der Waals surface area contributed by atoms with Crippen LogP contribution in [0.1, 0.15) is 42.4 Å². The molecule has 0 saturated carbocycles. The first kappa shape index (κ1) is 18.2. The summed E-state index contributed by atoms with van der Waals surface area (Å²) < 4.78 is 6.88. The van der Waals surface area contributed by atoms with Crippen molar-refractivity contribution in [1.29, 1.82) is 0 Å². The molecule has 0 N–H and O–H groups in total. The zero-order chi connectivity index (χ0) is 19.7. The minimum absolute atomic E-state index is 0.0559. The molecule has 1 aromatic carbocycles. The van der Waals surface area contributed by atoms with Gasteiger partial charge in [-0.05, 0) is 44.9 Å². The van der Waals surface area contributed by atoms with E-state index in [0.717, 1.165) is 29.6 Å². The molecule has 0 bridgehead atoms. The predicted octanol–water partition coefficient (Wildman–Crippen LogP) is 3.42. The minimum atomic E-state index is -0.506. The number of aromatic nitrogens is 3. The normalized spacial score (nSPS) is 14.5. The number of hydrogen-bond acceptors (Lipinski definition) is 5. The second-order valence-corrected chi connectivity index (χ2v) is 6.78. The van der Waals surface area contributed by atoms with Crippen molar-refractivity contribution in [2.75, 3.05) is 18.1 Å². The third kappa shape index (κ3) is 3.13. The fourth-order valence-electron chi connectivity index (χ4n) is 3.60. The van der Waals surface area contributed by atoms with Crippen molar-refractivity contribution in [3.63, 3.8) is 0 Å². The van der Waals surface area contributed by atoms with Gasteiger partial charge in [0.2, 0.25) is 5.91 Å². The van der Waals surface area contributed by atoms with Crippen molar-refractivity contribution >= 4 is 28.6 Å². The van der Waals surface area contributed by atoms with Crippen molar-refractivity contribution in [3.05, 3.63) is 47.8 Å². The predicted molar refractivity (Wildman–Crippen MR) is 106 cm³/mol. The summed E-state index contributed by atoms with van der Waals surface area (Å²) in [5.41, 5.74) is 3.00. The van der Waals surface area contributed by atoms with E-state index in [0.29, 0.717) is 24.3 Å². The van der Waals surface area contributed by atoms with Gasteiger partial charge in [0.1, 0.15) is 0 Å². The lowest BCUT2D eigenvalue weighted by atomic mass is 10.1. The molecule has 7 heteroatoms. The van der Waals surface area contributed by atoms with Gasteiger partial charge in [-0.15, -0.1) is 0 Å². The van der Waals surface area contributed by atoms with Crippen molar-refractivity contribution < 1.29 is 14.3 Å². The van der Waals surface area contributed by atoms with Gasteiger partial charge >= 0.3 is 5.97 Å². The Labute approximate surface area is 162 Å². The van der Waals surface area contributed by atoms with Crippen molar-refractivity contribution in [1.82, 2.24) is 14.8 Å². The molecule has 3 aromatic rings. The first-order valence-electron chi connectivity index (χ1n) is 9.53. The Balaban J connectivity index is 1.97. The molecule has 1 aliphatic rings. The Morgan fingerprint density at radius 3 is 2.71 bits per heavy atom. The maximum atomic E-state index is 12.6. The summed E-state index contributed by atoms with van der Waals surface area (Å²) in [4.78, 5) is 31.3. The lowest BCUT2D eigenvalue weighted by Gasteiger charge is -2.27. The van der Waals surface area contributed by atoms with E-state index >= 15 is 0 Å². The zero-order valence-electron chi connectivity index (χ0n) is 16.0. The molecule has 0 unspecified atom stereocenters. The summed E-state index contributed by atoms with van der Waals surface area (Å²) >= 11 is 0. The number of carbonyl (C=O) groups is 2. The number of anilines is 1. The molecular weight excluding hydrogens is 356 g/mol. The van der Waals surface area contributed by atoms with E-state index in [2.05, 4.69) is 10.1 Å². The van der Waals surface area contributed by atoms with Crippen LogP contribution in [0.15, 0.2) is 36.4 Å². The highest BCUT2D eigenvalue weighted by molar-refractivity contribution is 6.05. The second kappa shape index (κ2) is 7.42. The van der Waals surface area contributed by atoms with Gasteiger partial charge in [-0.2, -0.15) is 5.10 Å². The molecular formula is C21H22N4O3. The third-order valence-corrected chi connectivity index (χ3v) is 4.89. The van der Waals surface area contributed by atoms with Crippen molar-refractivity contribution in [2.24, 2.45) is 0 Å². The van der Waals surface area contributed by atoms with E-state index in [1.165, 1.54) is 0 Å². The molecule has 0 aliphatic carbocycles. The van der Waals surface area contributed by atoms with E-state index < -0.39 is 5.97 Å². The van der Waals surface area contributed by atoms with Gasteiger partial charge in [-0.1, -0.05) is 18.2 Å². The fraction of sp³-hybridized carbons (Fsp3) is 0.333. The van der Waals surface area contributed by atoms with Gasteiger partial charge < -0.3 is 9.64 Å². The lowest BCUT2D eigenvalue weighted by Crippen LogP contribution is -2.35. The minimum Gasteiger partial charge on any atom is -0.461 e. The van der Waals surface area contributed by atoms with Gasteiger partial charge in [0, 0.05) is 13.0 Å². The number of aryl methyl sites for hydroxylation is 1. The van der Waals surface area contributed by atoms with Crippen molar-refractivity contribution in [2.45, 2.75) is 33.1 Å². The Morgan fingerprint density at radius 1 is 1.21 bits per heavy atom. The first-order chi connectivity index (χ1) is 13.6. The summed E-state index contributed by atoms with van der Waals surface area (Å²) in [6.45, 7) is 4.53. The average molecular weight is 378 g/mol. The summed E-state index contributed by atoms with van der Waals surface area (Å²) in [5.74, 6) is -0.450. The number of pyridine rings is 1. The van der Waals surface area contributed by atoms with Gasteiger partial charge in [-0.3, -0.25) is 4.79 Å². The summed E-state index contributed by atoms with van der Waals surface area (Å²) in [6.07, 6.45) is 2.32. The molecule has 0 atom stereocenters. The highest BCUT2D eigenvalue weighted by atomic mass is 16.5. The number of esters is 1. The molecule has 0 spiro atoms. The van der Waals surface area contributed by atoms with Crippen LogP contribution in [-0.4, -0.2) is 39.8 Å². The lowest BCUT2D eigenvalue weighted by molar-refractivity contribution is -0.119. The van der Waals surface area contributed by atoms with Crippen LogP contribution in [0.2, 0.25) is 0 Å². The molecule has 28 heavy (non-hydrogen) atoms.